The Morgan fingerprint density at radius 1 is 0.700 bits per heavy atom. The van der Waals surface area contributed by atoms with Crippen LogP contribution in [-0.2, 0) is 24.8 Å². The smallest absolute Gasteiger partial charge is 0.296 e. The Labute approximate surface area is 183 Å². The van der Waals surface area contributed by atoms with E-state index in [1.165, 1.54) is 42.5 Å². The number of hydrogen-bond acceptors (Lipinski definition) is 5. The van der Waals surface area contributed by atoms with E-state index in [9.17, 15) is 30.5 Å². The highest BCUT2D eigenvalue weighted by atomic mass is 35.5. The molecule has 0 amide bonds. The molecule has 0 saturated heterocycles. The lowest BCUT2D eigenvalue weighted by molar-refractivity contribution is 0.481. The van der Waals surface area contributed by atoms with Crippen molar-refractivity contribution in [2.45, 2.75) is 9.79 Å². The fraction of sp³-hybridized carbons (Fsp3) is 0. The van der Waals surface area contributed by atoms with Crippen molar-refractivity contribution >= 4 is 66.5 Å². The van der Waals surface area contributed by atoms with Gasteiger partial charge in [0.25, 0.3) is 20.2 Å². The second kappa shape index (κ2) is 8.09. The van der Waals surface area contributed by atoms with Crippen LogP contribution in [0, 0.1) is 0 Å². The minimum atomic E-state index is -4.73. The van der Waals surface area contributed by atoms with Crippen molar-refractivity contribution in [2.24, 2.45) is 0 Å². The molecular weight excluding hydrogens is 494 g/mol. The van der Waals surface area contributed by atoms with E-state index in [0.717, 1.165) is 24.3 Å². The largest absolute Gasteiger partial charge is 0.309 e. The standard InChI is InChI=1S/C18H13Cl2O7PS2/c19-12-4-6-13(7-5-12)28(21,14-2-1-3-16(10-14)29(22,23)24)15-8-9-17(20)18(11-15)30(25,26)27/h1-11H,(H,22,23,24)(H,25,26,27). The van der Waals surface area contributed by atoms with Crippen LogP contribution < -0.4 is 15.9 Å². The van der Waals surface area contributed by atoms with Crippen LogP contribution in [-0.4, -0.2) is 25.9 Å². The number of rotatable bonds is 5. The van der Waals surface area contributed by atoms with Crippen molar-refractivity contribution in [1.82, 2.24) is 0 Å². The van der Waals surface area contributed by atoms with Gasteiger partial charge < -0.3 is 4.57 Å². The summed E-state index contributed by atoms with van der Waals surface area (Å²) in [5.41, 5.74) is 0. The molecule has 0 heterocycles. The third kappa shape index (κ3) is 4.48. The normalized spacial score (nSPS) is 14.3. The Morgan fingerprint density at radius 2 is 1.27 bits per heavy atom. The Balaban J connectivity index is 2.39. The van der Waals surface area contributed by atoms with Crippen molar-refractivity contribution < 1.29 is 30.5 Å². The summed E-state index contributed by atoms with van der Waals surface area (Å²) >= 11 is 11.8. The number of hydrogen-bond donors (Lipinski definition) is 2. The summed E-state index contributed by atoms with van der Waals surface area (Å²) in [5.74, 6) is 0. The molecule has 0 spiro atoms. The summed E-state index contributed by atoms with van der Waals surface area (Å²) in [5, 5.41) is 0.253. The van der Waals surface area contributed by atoms with Gasteiger partial charge in [-0.3, -0.25) is 9.11 Å². The van der Waals surface area contributed by atoms with Gasteiger partial charge in [-0.05, 0) is 54.6 Å². The van der Waals surface area contributed by atoms with Crippen LogP contribution in [0.1, 0.15) is 0 Å². The molecule has 0 aliphatic heterocycles. The molecule has 0 aliphatic carbocycles. The van der Waals surface area contributed by atoms with E-state index in [-0.39, 0.29) is 20.9 Å². The second-order valence-electron chi connectivity index (χ2n) is 6.15. The third-order valence-corrected chi connectivity index (χ3v) is 9.70. The molecule has 7 nitrogen and oxygen atoms in total. The first-order valence-corrected chi connectivity index (χ1v) is 13.4. The first-order chi connectivity index (χ1) is 13.8. The van der Waals surface area contributed by atoms with Crippen molar-refractivity contribution in [2.75, 3.05) is 0 Å². The van der Waals surface area contributed by atoms with Gasteiger partial charge in [-0.2, -0.15) is 16.8 Å². The zero-order valence-corrected chi connectivity index (χ0v) is 18.8. The maximum absolute atomic E-state index is 14.4. The van der Waals surface area contributed by atoms with E-state index in [0.29, 0.717) is 5.02 Å². The van der Waals surface area contributed by atoms with Gasteiger partial charge >= 0.3 is 0 Å². The van der Waals surface area contributed by atoms with Crippen molar-refractivity contribution in [3.63, 3.8) is 0 Å². The zero-order chi connectivity index (χ0) is 22.3. The van der Waals surface area contributed by atoms with Crippen LogP contribution in [0.25, 0.3) is 0 Å². The molecule has 30 heavy (non-hydrogen) atoms. The van der Waals surface area contributed by atoms with E-state index in [2.05, 4.69) is 0 Å². The molecule has 12 heteroatoms. The Kier molecular flexibility index (Phi) is 6.19. The molecule has 0 radical (unpaired) electrons. The summed E-state index contributed by atoms with van der Waals surface area (Å²) in [4.78, 5) is -1.14. The highest BCUT2D eigenvalue weighted by Gasteiger charge is 2.32. The predicted molar refractivity (Wildman–Crippen MR) is 115 cm³/mol. The van der Waals surface area contributed by atoms with Crippen LogP contribution in [0.2, 0.25) is 10.0 Å². The molecule has 1 atom stereocenters. The molecule has 158 valence electrons. The fourth-order valence-corrected chi connectivity index (χ4v) is 7.33. The lowest BCUT2D eigenvalue weighted by Crippen LogP contribution is -2.26. The van der Waals surface area contributed by atoms with Gasteiger partial charge in [0.15, 0.2) is 7.14 Å². The number of halogens is 2. The summed E-state index contributed by atoms with van der Waals surface area (Å²) in [7, 11) is -13.2. The molecule has 3 aromatic carbocycles. The minimum absolute atomic E-state index is 0.00329. The molecule has 0 aromatic heterocycles. The van der Waals surface area contributed by atoms with Gasteiger partial charge in [-0.25, -0.2) is 0 Å². The highest BCUT2D eigenvalue weighted by molar-refractivity contribution is 7.87. The first kappa shape index (κ1) is 23.0. The molecule has 0 fully saturated rings. The van der Waals surface area contributed by atoms with Crippen LogP contribution >= 0.6 is 30.3 Å². The maximum Gasteiger partial charge on any atom is 0.296 e. The van der Waals surface area contributed by atoms with Gasteiger partial charge in [-0.1, -0.05) is 35.3 Å². The van der Waals surface area contributed by atoms with Crippen LogP contribution in [0.4, 0.5) is 0 Å². The van der Waals surface area contributed by atoms with Crippen LogP contribution in [0.15, 0.2) is 76.5 Å². The Morgan fingerprint density at radius 3 is 1.83 bits per heavy atom. The lowest BCUT2D eigenvalue weighted by Gasteiger charge is -2.21. The molecule has 0 aliphatic rings. The van der Waals surface area contributed by atoms with E-state index < -0.39 is 37.2 Å². The summed E-state index contributed by atoms with van der Waals surface area (Å²) < 4.78 is 79.7. The van der Waals surface area contributed by atoms with E-state index in [1.54, 1.807) is 0 Å². The Hall–Kier alpha value is -1.71. The third-order valence-electron chi connectivity index (χ3n) is 4.23. The molecule has 3 aromatic rings. The first-order valence-electron chi connectivity index (χ1n) is 8.05. The second-order valence-corrected chi connectivity index (χ2v) is 12.6. The molecule has 1 unspecified atom stereocenters. The zero-order valence-electron chi connectivity index (χ0n) is 14.8. The monoisotopic (exact) mass is 506 g/mol. The summed E-state index contributed by atoms with van der Waals surface area (Å²) in [6.07, 6.45) is 0. The quantitative estimate of drug-likeness (QED) is 0.402. The average molecular weight is 507 g/mol. The van der Waals surface area contributed by atoms with E-state index >= 15 is 0 Å². The molecular formula is C18H13Cl2O7PS2. The molecule has 0 bridgehead atoms. The SMILES string of the molecule is O=P(c1ccc(Cl)cc1)(c1cccc(S(=O)(=O)O)c1)c1ccc(Cl)c(S(=O)(=O)O)c1. The lowest BCUT2D eigenvalue weighted by atomic mass is 10.3. The van der Waals surface area contributed by atoms with Gasteiger partial charge in [0.2, 0.25) is 0 Å². The molecule has 0 saturated carbocycles. The molecule has 2 N–H and O–H groups in total. The predicted octanol–water partition coefficient (Wildman–Crippen LogP) is 3.13. The fourth-order valence-electron chi connectivity index (χ4n) is 2.82. The van der Waals surface area contributed by atoms with E-state index in [4.69, 9.17) is 23.2 Å². The minimum Gasteiger partial charge on any atom is -0.309 e. The molecule has 3 rings (SSSR count). The van der Waals surface area contributed by atoms with Crippen LogP contribution in [0.3, 0.4) is 0 Å². The van der Waals surface area contributed by atoms with Gasteiger partial charge in [0.05, 0.1) is 9.92 Å². The highest BCUT2D eigenvalue weighted by Crippen LogP contribution is 2.44. The van der Waals surface area contributed by atoms with Crippen molar-refractivity contribution in [1.29, 1.82) is 0 Å². The summed E-state index contributed by atoms with van der Waals surface area (Å²) in [6.45, 7) is 0. The van der Waals surface area contributed by atoms with Crippen LogP contribution in [0.5, 0.6) is 0 Å². The van der Waals surface area contributed by atoms with E-state index in [1.807, 2.05) is 0 Å². The Bertz CT molecular complexity index is 1390. The van der Waals surface area contributed by atoms with Gasteiger partial charge in [0.1, 0.15) is 4.90 Å². The topological polar surface area (TPSA) is 126 Å². The average Bonchev–Trinajstić information content (AvgIpc) is 2.67. The number of benzene rings is 3. The van der Waals surface area contributed by atoms with Crippen molar-refractivity contribution in [3.8, 4) is 0 Å². The van der Waals surface area contributed by atoms with Gasteiger partial charge in [0, 0.05) is 20.9 Å². The summed E-state index contributed by atoms with van der Waals surface area (Å²) in [6, 6.07) is 14.1. The van der Waals surface area contributed by atoms with Crippen molar-refractivity contribution in [3.05, 3.63) is 76.8 Å². The van der Waals surface area contributed by atoms with Gasteiger partial charge in [-0.15, -0.1) is 0 Å². The maximum atomic E-state index is 14.4.